The average Bonchev–Trinajstić information content (AvgIpc) is 3.91. The Bertz CT molecular complexity index is 3330. The SMILES string of the molecule is c1ccc(-c2cccc(-n3c4ccc(-c5ccc6c(c5)-c5ccccc5C6c5ccc6ccccc6c5)cc4c4ccc5oc6ccccc6c5c43)c2)cc1. The molecule has 2 heteroatoms. The van der Waals surface area contributed by atoms with E-state index in [0.717, 1.165) is 27.6 Å². The van der Waals surface area contributed by atoms with Crippen LogP contribution < -0.4 is 0 Å². The fourth-order valence-corrected chi connectivity index (χ4v) is 9.35. The Balaban J connectivity index is 1.06. The van der Waals surface area contributed by atoms with Gasteiger partial charge in [0.15, 0.2) is 0 Å². The van der Waals surface area contributed by atoms with Crippen LogP contribution in [0.25, 0.3) is 93.6 Å². The van der Waals surface area contributed by atoms with Crippen LogP contribution >= 0.6 is 0 Å². The zero-order chi connectivity index (χ0) is 36.0. The van der Waals surface area contributed by atoms with E-state index in [0.29, 0.717) is 0 Å². The largest absolute Gasteiger partial charge is 0.456 e. The van der Waals surface area contributed by atoms with Gasteiger partial charge in [-0.15, -0.1) is 0 Å². The third-order valence-electron chi connectivity index (χ3n) is 11.8. The number of rotatable bonds is 4. The van der Waals surface area contributed by atoms with Gasteiger partial charge in [-0.2, -0.15) is 0 Å². The highest BCUT2D eigenvalue weighted by molar-refractivity contribution is 6.24. The predicted octanol–water partition coefficient (Wildman–Crippen LogP) is 14.3. The number of hydrogen-bond donors (Lipinski definition) is 0. The molecule has 1 aliphatic carbocycles. The Labute approximate surface area is 318 Å². The van der Waals surface area contributed by atoms with Crippen molar-refractivity contribution in [3.8, 4) is 39.1 Å². The van der Waals surface area contributed by atoms with E-state index in [4.69, 9.17) is 4.42 Å². The molecule has 0 fully saturated rings. The lowest BCUT2D eigenvalue weighted by molar-refractivity contribution is 0.669. The Morgan fingerprint density at radius 1 is 0.400 bits per heavy atom. The quantitative estimate of drug-likeness (QED) is 0.179. The molecule has 0 saturated heterocycles. The number of furan rings is 1. The average molecular weight is 700 g/mol. The van der Waals surface area contributed by atoms with Gasteiger partial charge in [0.05, 0.1) is 16.4 Å². The molecule has 1 aliphatic rings. The van der Waals surface area contributed by atoms with Crippen molar-refractivity contribution in [2.24, 2.45) is 0 Å². The Morgan fingerprint density at radius 2 is 1.15 bits per heavy atom. The molecule has 55 heavy (non-hydrogen) atoms. The number of aromatic nitrogens is 1. The molecule has 0 spiro atoms. The molecule has 9 aromatic carbocycles. The summed E-state index contributed by atoms with van der Waals surface area (Å²) in [6, 6.07) is 71.0. The molecule has 2 nitrogen and oxygen atoms in total. The summed E-state index contributed by atoms with van der Waals surface area (Å²) in [6.07, 6.45) is 0. The smallest absolute Gasteiger partial charge is 0.137 e. The van der Waals surface area contributed by atoms with Crippen LogP contribution in [0.4, 0.5) is 0 Å². The summed E-state index contributed by atoms with van der Waals surface area (Å²) in [6.45, 7) is 0. The minimum Gasteiger partial charge on any atom is -0.456 e. The predicted molar refractivity (Wildman–Crippen MR) is 229 cm³/mol. The molecule has 0 saturated carbocycles. The third kappa shape index (κ3) is 4.55. The molecule has 0 N–H and O–H groups in total. The summed E-state index contributed by atoms with van der Waals surface area (Å²) in [5.41, 5.74) is 16.8. The topological polar surface area (TPSA) is 18.1 Å². The lowest BCUT2D eigenvalue weighted by Gasteiger charge is -2.16. The third-order valence-corrected chi connectivity index (χ3v) is 11.8. The number of nitrogens with zero attached hydrogens (tertiary/aromatic N) is 1. The fourth-order valence-electron chi connectivity index (χ4n) is 9.35. The molecule has 11 aromatic rings. The summed E-state index contributed by atoms with van der Waals surface area (Å²) in [4.78, 5) is 0. The second-order valence-electron chi connectivity index (χ2n) is 14.8. The minimum absolute atomic E-state index is 0.198. The molecule has 1 atom stereocenters. The van der Waals surface area contributed by atoms with Gasteiger partial charge in [-0.25, -0.2) is 0 Å². The maximum atomic E-state index is 6.45. The van der Waals surface area contributed by atoms with E-state index in [1.165, 1.54) is 82.6 Å². The second-order valence-corrected chi connectivity index (χ2v) is 14.8. The van der Waals surface area contributed by atoms with Gasteiger partial charge in [-0.1, -0.05) is 146 Å². The van der Waals surface area contributed by atoms with Crippen molar-refractivity contribution in [3.05, 3.63) is 211 Å². The first-order chi connectivity index (χ1) is 27.3. The number of hydrogen-bond acceptors (Lipinski definition) is 1. The normalized spacial score (nSPS) is 13.6. The zero-order valence-corrected chi connectivity index (χ0v) is 29.9. The summed E-state index contributed by atoms with van der Waals surface area (Å²) >= 11 is 0. The highest BCUT2D eigenvalue weighted by Gasteiger charge is 2.30. The molecule has 0 radical (unpaired) electrons. The molecule has 2 aromatic heterocycles. The first-order valence-corrected chi connectivity index (χ1v) is 19.0. The molecule has 0 amide bonds. The molecule has 1 unspecified atom stereocenters. The number of benzene rings is 9. The summed E-state index contributed by atoms with van der Waals surface area (Å²) in [5, 5.41) is 7.26. The summed E-state index contributed by atoms with van der Waals surface area (Å²) in [7, 11) is 0. The van der Waals surface area contributed by atoms with Crippen molar-refractivity contribution < 1.29 is 4.42 Å². The highest BCUT2D eigenvalue weighted by atomic mass is 16.3. The van der Waals surface area contributed by atoms with E-state index >= 15 is 0 Å². The molecular formula is C53H33NO. The van der Waals surface area contributed by atoms with Gasteiger partial charge in [-0.3, -0.25) is 0 Å². The Hall–Kier alpha value is -7.16. The molecule has 12 rings (SSSR count). The van der Waals surface area contributed by atoms with Gasteiger partial charge in [0, 0.05) is 27.8 Å². The van der Waals surface area contributed by atoms with Crippen molar-refractivity contribution in [3.63, 3.8) is 0 Å². The second kappa shape index (κ2) is 11.7. The van der Waals surface area contributed by atoms with Crippen molar-refractivity contribution in [1.82, 2.24) is 4.57 Å². The maximum Gasteiger partial charge on any atom is 0.137 e. The van der Waals surface area contributed by atoms with Crippen molar-refractivity contribution in [1.29, 1.82) is 0 Å². The van der Waals surface area contributed by atoms with Crippen LogP contribution in [0.15, 0.2) is 199 Å². The summed E-state index contributed by atoms with van der Waals surface area (Å²) < 4.78 is 8.90. The lowest BCUT2D eigenvalue weighted by atomic mass is 9.87. The van der Waals surface area contributed by atoms with Crippen LogP contribution in [0, 0.1) is 0 Å². The van der Waals surface area contributed by atoms with E-state index < -0.39 is 0 Å². The minimum atomic E-state index is 0.198. The van der Waals surface area contributed by atoms with Crippen LogP contribution in [0.1, 0.15) is 22.6 Å². The van der Waals surface area contributed by atoms with Gasteiger partial charge < -0.3 is 8.98 Å². The van der Waals surface area contributed by atoms with E-state index in [1.54, 1.807) is 0 Å². The van der Waals surface area contributed by atoms with Crippen LogP contribution in [-0.4, -0.2) is 4.57 Å². The lowest BCUT2D eigenvalue weighted by Crippen LogP contribution is -1.99. The van der Waals surface area contributed by atoms with Gasteiger partial charge in [0.1, 0.15) is 11.2 Å². The molecular weight excluding hydrogens is 667 g/mol. The maximum absolute atomic E-state index is 6.45. The zero-order valence-electron chi connectivity index (χ0n) is 29.9. The molecule has 2 heterocycles. The monoisotopic (exact) mass is 699 g/mol. The fraction of sp³-hybridized carbons (Fsp3) is 0.0189. The molecule has 256 valence electrons. The number of para-hydroxylation sites is 1. The van der Waals surface area contributed by atoms with E-state index in [1.807, 2.05) is 6.07 Å². The van der Waals surface area contributed by atoms with Gasteiger partial charge >= 0.3 is 0 Å². The van der Waals surface area contributed by atoms with Crippen molar-refractivity contribution in [2.75, 3.05) is 0 Å². The Morgan fingerprint density at radius 3 is 2.09 bits per heavy atom. The van der Waals surface area contributed by atoms with Gasteiger partial charge in [0.2, 0.25) is 0 Å². The van der Waals surface area contributed by atoms with Gasteiger partial charge in [0.25, 0.3) is 0 Å². The van der Waals surface area contributed by atoms with Crippen molar-refractivity contribution >= 4 is 54.5 Å². The van der Waals surface area contributed by atoms with Gasteiger partial charge in [-0.05, 0) is 109 Å². The number of fused-ring (bicyclic) bond motifs is 11. The standard InChI is InChI=1S/C53H33NO/c1-2-11-33(12-3-1)36-15-10-16-40(30-36)54-48-27-24-38(32-47(48)44-26-28-50-52(53(44)54)45-19-8-9-20-49(45)55-50)37-23-25-43-46(31-37)41-17-6-7-18-42(41)51(43)39-22-21-34-13-4-5-14-35(34)29-39/h1-32,51H. The van der Waals surface area contributed by atoms with Crippen LogP contribution in [0.3, 0.4) is 0 Å². The summed E-state index contributed by atoms with van der Waals surface area (Å²) in [5.74, 6) is 0.198. The van der Waals surface area contributed by atoms with Crippen LogP contribution in [0.2, 0.25) is 0 Å². The van der Waals surface area contributed by atoms with Crippen molar-refractivity contribution in [2.45, 2.75) is 5.92 Å². The van der Waals surface area contributed by atoms with E-state index in [-0.39, 0.29) is 5.92 Å². The molecule has 0 aliphatic heterocycles. The Kier molecular flexibility index (Phi) is 6.43. The first kappa shape index (κ1) is 30.3. The van der Waals surface area contributed by atoms with E-state index in [9.17, 15) is 0 Å². The van der Waals surface area contributed by atoms with E-state index in [2.05, 4.69) is 193 Å². The molecule has 0 bridgehead atoms. The first-order valence-electron chi connectivity index (χ1n) is 19.0. The highest BCUT2D eigenvalue weighted by Crippen LogP contribution is 2.50. The van der Waals surface area contributed by atoms with Crippen LogP contribution in [0.5, 0.6) is 0 Å². The van der Waals surface area contributed by atoms with Crippen LogP contribution in [-0.2, 0) is 0 Å².